The molecule has 0 N–H and O–H groups in total. The molecule has 0 radical (unpaired) electrons. The van der Waals surface area contributed by atoms with Crippen LogP contribution >= 0.6 is 7.26 Å². The number of rotatable bonds is 1. The van der Waals surface area contributed by atoms with Gasteiger partial charge in [0.05, 0.1) is 0 Å². The summed E-state index contributed by atoms with van der Waals surface area (Å²) in [4.78, 5) is 0. The van der Waals surface area contributed by atoms with E-state index in [1.807, 2.05) is 0 Å². The van der Waals surface area contributed by atoms with E-state index in [0.717, 1.165) is 5.75 Å². The second-order valence-corrected chi connectivity index (χ2v) is 14.8. The molecule has 1 unspecified atom stereocenters. The molecule has 0 aromatic heterocycles. The molecule has 5 rings (SSSR count). The van der Waals surface area contributed by atoms with Crippen molar-refractivity contribution in [2.45, 2.75) is 38.7 Å². The van der Waals surface area contributed by atoms with Gasteiger partial charge in [0.2, 0.25) is 0 Å². The fourth-order valence-electron chi connectivity index (χ4n) is 5.17. The van der Waals surface area contributed by atoms with E-state index in [2.05, 4.69) is 107 Å². The third-order valence-corrected chi connectivity index (χ3v) is 13.7. The quantitative estimate of drug-likeness (QED) is 0.242. The van der Waals surface area contributed by atoms with E-state index in [-0.39, 0.29) is 11.0 Å². The number of benzene rings is 4. The van der Waals surface area contributed by atoms with E-state index in [0.29, 0.717) is 0 Å². The molecule has 1 nitrogen and oxygen atoms in total. The van der Waals surface area contributed by atoms with Crippen molar-refractivity contribution in [1.82, 2.24) is 0 Å². The normalized spacial score (nSPS) is 19.1. The van der Waals surface area contributed by atoms with Crippen molar-refractivity contribution in [3.63, 3.8) is 0 Å². The Labute approximate surface area is 174 Å². The SMILES string of the molecule is CC1Oc2cccc(-c3c4ccccc4cc4ccccc34)c2[PH]1(C)C(C)(C)C. The number of hydrogen-bond acceptors (Lipinski definition) is 1. The van der Waals surface area contributed by atoms with Crippen LogP contribution in [0.3, 0.4) is 0 Å². The topological polar surface area (TPSA) is 9.23 Å². The molecule has 1 atom stereocenters. The molecule has 0 saturated carbocycles. The van der Waals surface area contributed by atoms with Gasteiger partial charge in [-0.05, 0) is 0 Å². The Kier molecular flexibility index (Phi) is 4.06. The molecule has 0 amide bonds. The standard InChI is InChI=1S/C27H29OP/c1-18-28-24-16-10-15-23(26(24)29(18,5)27(2,3)4)25-21-13-8-6-11-19(21)17-20-12-7-9-14-22(20)25/h6-18,29H,1-5H3. The Morgan fingerprint density at radius 2 is 1.38 bits per heavy atom. The first kappa shape index (κ1) is 18.6. The molecular weight excluding hydrogens is 371 g/mol. The maximum atomic E-state index is 6.50. The van der Waals surface area contributed by atoms with Gasteiger partial charge in [0.15, 0.2) is 0 Å². The van der Waals surface area contributed by atoms with Crippen molar-refractivity contribution in [2.75, 3.05) is 6.66 Å². The average Bonchev–Trinajstić information content (AvgIpc) is 2.97. The van der Waals surface area contributed by atoms with Crippen LogP contribution in [-0.4, -0.2) is 17.7 Å². The van der Waals surface area contributed by atoms with Crippen molar-refractivity contribution >= 4 is 34.1 Å². The number of fused-ring (bicyclic) bond motifs is 3. The van der Waals surface area contributed by atoms with E-state index < -0.39 is 7.26 Å². The first-order valence-electron chi connectivity index (χ1n) is 10.5. The van der Waals surface area contributed by atoms with Gasteiger partial charge in [0.25, 0.3) is 0 Å². The zero-order valence-electron chi connectivity index (χ0n) is 17.9. The summed E-state index contributed by atoms with van der Waals surface area (Å²) in [5, 5.41) is 6.93. The molecular formula is C27H29OP. The van der Waals surface area contributed by atoms with Gasteiger partial charge < -0.3 is 0 Å². The molecule has 4 aromatic rings. The summed E-state index contributed by atoms with van der Waals surface area (Å²) in [7, 11) is -1.94. The van der Waals surface area contributed by atoms with Crippen LogP contribution in [0, 0.1) is 0 Å². The molecule has 1 heterocycles. The van der Waals surface area contributed by atoms with Gasteiger partial charge >= 0.3 is 174 Å². The zero-order chi connectivity index (χ0) is 20.4. The predicted molar refractivity (Wildman–Crippen MR) is 131 cm³/mol. The Bertz CT molecular complexity index is 1200. The van der Waals surface area contributed by atoms with Crippen LogP contribution in [0.2, 0.25) is 0 Å². The van der Waals surface area contributed by atoms with Gasteiger partial charge in [-0.2, -0.15) is 0 Å². The number of ether oxygens (including phenoxy) is 1. The van der Waals surface area contributed by atoms with E-state index in [9.17, 15) is 0 Å². The van der Waals surface area contributed by atoms with Gasteiger partial charge in [0, 0.05) is 0 Å². The Morgan fingerprint density at radius 1 is 0.793 bits per heavy atom. The van der Waals surface area contributed by atoms with Gasteiger partial charge in [-0.15, -0.1) is 0 Å². The molecule has 4 aromatic carbocycles. The average molecular weight is 401 g/mol. The molecule has 0 saturated heterocycles. The molecule has 29 heavy (non-hydrogen) atoms. The van der Waals surface area contributed by atoms with Crippen LogP contribution < -0.4 is 10.0 Å². The van der Waals surface area contributed by atoms with Crippen LogP contribution in [0.1, 0.15) is 27.7 Å². The molecule has 0 bridgehead atoms. The van der Waals surface area contributed by atoms with Crippen LogP contribution in [0.5, 0.6) is 5.75 Å². The Morgan fingerprint density at radius 3 is 1.97 bits per heavy atom. The second-order valence-electron chi connectivity index (χ2n) is 9.58. The van der Waals surface area contributed by atoms with Gasteiger partial charge in [0.1, 0.15) is 0 Å². The van der Waals surface area contributed by atoms with Gasteiger partial charge in [-0.1, -0.05) is 0 Å². The first-order valence-corrected chi connectivity index (χ1v) is 13.1. The van der Waals surface area contributed by atoms with Crippen LogP contribution in [0.15, 0.2) is 72.8 Å². The molecule has 148 valence electrons. The minimum atomic E-state index is -1.94. The van der Waals surface area contributed by atoms with Gasteiger partial charge in [-0.25, -0.2) is 0 Å². The fourth-order valence-corrected chi connectivity index (χ4v) is 9.33. The van der Waals surface area contributed by atoms with E-state index in [1.54, 1.807) is 0 Å². The summed E-state index contributed by atoms with van der Waals surface area (Å²) >= 11 is 0. The van der Waals surface area contributed by atoms with Crippen molar-refractivity contribution in [3.8, 4) is 16.9 Å². The fraction of sp³-hybridized carbons (Fsp3) is 0.259. The zero-order valence-corrected chi connectivity index (χ0v) is 18.9. The predicted octanol–water partition coefficient (Wildman–Crippen LogP) is 7.20. The molecule has 0 spiro atoms. The van der Waals surface area contributed by atoms with E-state index in [1.165, 1.54) is 38.0 Å². The third-order valence-electron chi connectivity index (χ3n) is 7.26. The van der Waals surface area contributed by atoms with Crippen LogP contribution in [0.4, 0.5) is 0 Å². The molecule has 1 aliphatic rings. The van der Waals surface area contributed by atoms with Crippen molar-refractivity contribution in [3.05, 3.63) is 72.8 Å². The monoisotopic (exact) mass is 400 g/mol. The summed E-state index contributed by atoms with van der Waals surface area (Å²) in [5.74, 6) is 1.36. The van der Waals surface area contributed by atoms with Crippen LogP contribution in [-0.2, 0) is 0 Å². The third kappa shape index (κ3) is 2.57. The van der Waals surface area contributed by atoms with Crippen LogP contribution in [0.25, 0.3) is 32.7 Å². The van der Waals surface area contributed by atoms with Crippen molar-refractivity contribution in [2.24, 2.45) is 0 Å². The Hall–Kier alpha value is -2.37. The molecule has 2 heteroatoms. The molecule has 0 aliphatic carbocycles. The maximum absolute atomic E-state index is 6.50. The van der Waals surface area contributed by atoms with E-state index >= 15 is 0 Å². The Balaban J connectivity index is 1.95. The summed E-state index contributed by atoms with van der Waals surface area (Å²) in [6.07, 6.45) is 0. The second kappa shape index (κ2) is 6.31. The summed E-state index contributed by atoms with van der Waals surface area (Å²) in [6, 6.07) is 26.6. The van der Waals surface area contributed by atoms with Gasteiger partial charge in [-0.3, -0.25) is 0 Å². The molecule has 0 fully saturated rings. The van der Waals surface area contributed by atoms with Crippen molar-refractivity contribution < 1.29 is 4.74 Å². The first-order chi connectivity index (χ1) is 13.8. The minimum absolute atomic E-state index is 0.203. The summed E-state index contributed by atoms with van der Waals surface area (Å²) in [5.41, 5.74) is 2.72. The van der Waals surface area contributed by atoms with Crippen molar-refractivity contribution in [1.29, 1.82) is 0 Å². The summed E-state index contributed by atoms with van der Waals surface area (Å²) in [6.45, 7) is 12.0. The summed E-state index contributed by atoms with van der Waals surface area (Å²) < 4.78 is 6.50. The number of hydrogen-bond donors (Lipinski definition) is 0. The van der Waals surface area contributed by atoms with E-state index in [4.69, 9.17) is 4.74 Å². The molecule has 1 aliphatic heterocycles.